The second-order valence-corrected chi connectivity index (χ2v) is 11.3. The Labute approximate surface area is 251 Å². The number of esters is 2. The minimum Gasteiger partial charge on any atom is -0.463 e. The Bertz CT molecular complexity index is 1760. The van der Waals surface area contributed by atoms with Crippen LogP contribution in [-0.2, 0) is 19.1 Å². The highest BCUT2D eigenvalue weighted by molar-refractivity contribution is 5.96. The number of carbonyl (C=O) groups excluding carboxylic acids is 3. The number of amides is 1. The Hall–Kier alpha value is -4.61. The number of imidazole rings is 1. The predicted molar refractivity (Wildman–Crippen MR) is 155 cm³/mol. The van der Waals surface area contributed by atoms with Crippen molar-refractivity contribution in [1.82, 2.24) is 14.7 Å². The van der Waals surface area contributed by atoms with Crippen molar-refractivity contribution in [2.24, 2.45) is 0 Å². The van der Waals surface area contributed by atoms with Gasteiger partial charge in [-0.15, -0.1) is 0 Å². The molecule has 1 aliphatic heterocycles. The summed E-state index contributed by atoms with van der Waals surface area (Å²) in [7, 11) is 0. The molecule has 4 aromatic rings. The van der Waals surface area contributed by atoms with Gasteiger partial charge < -0.3 is 23.5 Å². The zero-order chi connectivity index (χ0) is 31.1. The zero-order valence-electron chi connectivity index (χ0n) is 24.6. The average molecular weight is 607 g/mol. The van der Waals surface area contributed by atoms with Gasteiger partial charge in [-0.1, -0.05) is 18.1 Å². The summed E-state index contributed by atoms with van der Waals surface area (Å²) in [5.41, 5.74) is 3.48. The highest BCUT2D eigenvalue weighted by atomic mass is 19.2. The Balaban J connectivity index is 1.45. The van der Waals surface area contributed by atoms with Gasteiger partial charge in [0.05, 0.1) is 28.3 Å². The van der Waals surface area contributed by atoms with E-state index in [1.165, 1.54) is 17.9 Å². The van der Waals surface area contributed by atoms with Crippen LogP contribution < -0.4 is 9.64 Å². The van der Waals surface area contributed by atoms with E-state index in [9.17, 15) is 23.2 Å². The van der Waals surface area contributed by atoms with Gasteiger partial charge in [-0.25, -0.2) is 13.8 Å². The number of aromatic nitrogens is 3. The van der Waals surface area contributed by atoms with Gasteiger partial charge in [0.15, 0.2) is 11.6 Å². The molecule has 1 atom stereocenters. The van der Waals surface area contributed by atoms with Crippen molar-refractivity contribution in [2.45, 2.75) is 83.9 Å². The first-order chi connectivity index (χ1) is 21.1. The van der Waals surface area contributed by atoms with Crippen molar-refractivity contribution >= 4 is 34.6 Å². The molecule has 2 fully saturated rings. The number of fused-ring (bicyclic) bond motifs is 1. The van der Waals surface area contributed by atoms with Crippen LogP contribution in [0.2, 0.25) is 0 Å². The Morgan fingerprint density at radius 2 is 1.82 bits per heavy atom. The molecule has 12 heteroatoms. The molecular weight excluding hydrogens is 574 g/mol. The maximum Gasteiger partial charge on any atom is 0.327 e. The second-order valence-electron chi connectivity index (χ2n) is 11.3. The van der Waals surface area contributed by atoms with Gasteiger partial charge in [-0.2, -0.15) is 0 Å². The molecule has 6 rings (SSSR count). The first kappa shape index (κ1) is 29.5. The number of carbonyl (C=O) groups is 3. The van der Waals surface area contributed by atoms with Crippen molar-refractivity contribution in [2.75, 3.05) is 4.90 Å². The Morgan fingerprint density at radius 1 is 1.05 bits per heavy atom. The fraction of sp³-hybridized carbons (Fsp3) is 0.406. The van der Waals surface area contributed by atoms with E-state index < -0.39 is 23.6 Å². The molecule has 0 bridgehead atoms. The van der Waals surface area contributed by atoms with Gasteiger partial charge >= 0.3 is 17.9 Å². The molecule has 1 unspecified atom stereocenters. The van der Waals surface area contributed by atoms with Crippen molar-refractivity contribution in [1.29, 1.82) is 0 Å². The van der Waals surface area contributed by atoms with Crippen molar-refractivity contribution in [3.05, 3.63) is 59.6 Å². The number of ether oxygens (including phenoxy) is 2. The first-order valence-corrected chi connectivity index (χ1v) is 14.8. The lowest BCUT2D eigenvalue weighted by Gasteiger charge is -2.32. The minimum absolute atomic E-state index is 0.00282. The van der Waals surface area contributed by atoms with E-state index >= 15 is 0 Å². The lowest BCUT2D eigenvalue weighted by atomic mass is 9.92. The molecule has 3 heterocycles. The second kappa shape index (κ2) is 11.8. The fourth-order valence-electron chi connectivity index (χ4n) is 6.36. The number of halogens is 2. The van der Waals surface area contributed by atoms with Crippen molar-refractivity contribution in [3.63, 3.8) is 0 Å². The van der Waals surface area contributed by atoms with Gasteiger partial charge in [0.1, 0.15) is 11.9 Å². The van der Waals surface area contributed by atoms with Gasteiger partial charge in [-0.3, -0.25) is 14.4 Å². The summed E-state index contributed by atoms with van der Waals surface area (Å²) in [6, 6.07) is 8.60. The highest BCUT2D eigenvalue weighted by Crippen LogP contribution is 2.43. The van der Waals surface area contributed by atoms with Crippen molar-refractivity contribution < 1.29 is 37.2 Å². The normalized spacial score (nSPS) is 20.3. The quantitative estimate of drug-likeness (QED) is 0.219. The van der Waals surface area contributed by atoms with Crippen LogP contribution >= 0.6 is 0 Å². The van der Waals surface area contributed by atoms with E-state index in [-0.39, 0.29) is 48.5 Å². The van der Waals surface area contributed by atoms with Gasteiger partial charge in [0.2, 0.25) is 5.91 Å². The monoisotopic (exact) mass is 606 g/mol. The minimum atomic E-state index is -1.04. The molecule has 0 radical (unpaired) electrons. The summed E-state index contributed by atoms with van der Waals surface area (Å²) in [6.45, 7) is 4.84. The molecule has 0 N–H and O–H groups in total. The van der Waals surface area contributed by atoms with E-state index in [1.807, 2.05) is 18.2 Å². The molecule has 1 aliphatic carbocycles. The highest BCUT2D eigenvalue weighted by Gasteiger charge is 2.39. The fourth-order valence-corrected chi connectivity index (χ4v) is 6.36. The zero-order valence-corrected chi connectivity index (χ0v) is 24.6. The lowest BCUT2D eigenvalue weighted by Crippen LogP contribution is -2.31. The van der Waals surface area contributed by atoms with Crippen LogP contribution in [0, 0.1) is 18.6 Å². The number of nitrogens with zero attached hydrogens (tertiary/aromatic N) is 4. The largest absolute Gasteiger partial charge is 0.463 e. The molecule has 2 aromatic carbocycles. The van der Waals surface area contributed by atoms with Crippen LogP contribution in [0.5, 0.6) is 5.95 Å². The number of hydrogen-bond acceptors (Lipinski definition) is 8. The summed E-state index contributed by atoms with van der Waals surface area (Å²) in [5, 5.41) is 4.00. The maximum absolute atomic E-state index is 14.3. The molecule has 230 valence electrons. The average Bonchev–Trinajstić information content (AvgIpc) is 3.68. The predicted octanol–water partition coefficient (Wildman–Crippen LogP) is 6.51. The molecule has 0 spiro atoms. The molecule has 44 heavy (non-hydrogen) atoms. The van der Waals surface area contributed by atoms with Crippen LogP contribution in [0.15, 0.2) is 40.9 Å². The summed E-state index contributed by atoms with van der Waals surface area (Å²) in [6.07, 6.45) is 3.44. The standard InChI is InChI=1S/C32H32F2N4O6/c1-4-29(41)43-32-30(17(2)36-44-32)19-5-12-26-25(15-19)35-31(38(26)20-6-9-22(10-7-20)42-18(3)39)27-13-14-28(40)37(27)21-8-11-23(33)24(34)16-21/h5,8,11-12,15-16,20,22,27H,4,6-7,9-10,13-14H2,1-3H3. The molecule has 1 saturated carbocycles. The van der Waals surface area contributed by atoms with Gasteiger partial charge in [0.25, 0.3) is 0 Å². The summed E-state index contributed by atoms with van der Waals surface area (Å²) < 4.78 is 46.4. The van der Waals surface area contributed by atoms with Gasteiger partial charge in [0, 0.05) is 37.6 Å². The SMILES string of the molecule is CCC(=O)Oc1onc(C)c1-c1ccc2c(c1)nc(C1CCC(=O)N1c1ccc(F)c(F)c1)n2C1CCC(OC(C)=O)CC1. The number of rotatable bonds is 7. The van der Waals surface area contributed by atoms with Crippen LogP contribution in [0.25, 0.3) is 22.2 Å². The molecule has 2 aliphatic rings. The molecule has 1 amide bonds. The molecule has 10 nitrogen and oxygen atoms in total. The van der Waals surface area contributed by atoms with E-state index in [2.05, 4.69) is 9.72 Å². The van der Waals surface area contributed by atoms with Gasteiger partial charge in [-0.05, 0) is 68.9 Å². The van der Waals surface area contributed by atoms with E-state index in [0.717, 1.165) is 17.6 Å². The number of benzene rings is 2. The van der Waals surface area contributed by atoms with Crippen LogP contribution in [0.1, 0.15) is 82.4 Å². The Kier molecular flexibility index (Phi) is 7.91. The third-order valence-electron chi connectivity index (χ3n) is 8.36. The Morgan fingerprint density at radius 3 is 2.52 bits per heavy atom. The van der Waals surface area contributed by atoms with E-state index in [4.69, 9.17) is 19.0 Å². The van der Waals surface area contributed by atoms with E-state index in [1.54, 1.807) is 13.8 Å². The summed E-state index contributed by atoms with van der Waals surface area (Å²) in [5.74, 6) is -2.37. The summed E-state index contributed by atoms with van der Waals surface area (Å²) in [4.78, 5) is 43.3. The third kappa shape index (κ3) is 5.44. The van der Waals surface area contributed by atoms with Crippen LogP contribution in [0.3, 0.4) is 0 Å². The first-order valence-electron chi connectivity index (χ1n) is 14.8. The topological polar surface area (TPSA) is 117 Å². The molecular formula is C32H32F2N4O6. The van der Waals surface area contributed by atoms with Crippen molar-refractivity contribution in [3.8, 4) is 17.1 Å². The molecule has 2 aromatic heterocycles. The summed E-state index contributed by atoms with van der Waals surface area (Å²) >= 11 is 0. The van der Waals surface area contributed by atoms with E-state index in [0.29, 0.717) is 60.3 Å². The third-order valence-corrected chi connectivity index (χ3v) is 8.36. The van der Waals surface area contributed by atoms with Crippen LogP contribution in [0.4, 0.5) is 14.5 Å². The maximum atomic E-state index is 14.3. The number of hydrogen-bond donors (Lipinski definition) is 0. The van der Waals surface area contributed by atoms with Crippen LogP contribution in [-0.4, -0.2) is 38.7 Å². The smallest absolute Gasteiger partial charge is 0.327 e. The number of anilines is 1. The molecule has 1 saturated heterocycles. The number of aryl methyl sites for hydroxylation is 1. The lowest BCUT2D eigenvalue weighted by molar-refractivity contribution is -0.148.